The molecule has 112 valence electrons. The molecule has 0 fully saturated rings. The van der Waals surface area contributed by atoms with Crippen molar-refractivity contribution >= 4 is 0 Å². The van der Waals surface area contributed by atoms with Crippen LogP contribution in [-0.2, 0) is 13.0 Å². The number of hydrogen-bond acceptors (Lipinski definition) is 3. The van der Waals surface area contributed by atoms with Crippen LogP contribution in [0.25, 0.3) is 0 Å². The highest BCUT2D eigenvalue weighted by atomic mass is 19.1. The lowest BCUT2D eigenvalue weighted by Crippen LogP contribution is -2.17. The summed E-state index contributed by atoms with van der Waals surface area (Å²) in [5.74, 6) is 1.11. The number of rotatable bonds is 6. The molecule has 2 aromatic carbocycles. The second kappa shape index (κ2) is 7.09. The quantitative estimate of drug-likeness (QED) is 0.887. The summed E-state index contributed by atoms with van der Waals surface area (Å²) in [4.78, 5) is 0. The van der Waals surface area contributed by atoms with Crippen molar-refractivity contribution in [2.75, 3.05) is 7.11 Å². The molecule has 3 nitrogen and oxygen atoms in total. The molecule has 0 saturated carbocycles. The molecule has 2 N–H and O–H groups in total. The molecule has 0 aliphatic heterocycles. The van der Waals surface area contributed by atoms with Crippen LogP contribution in [0.4, 0.5) is 4.39 Å². The maximum atomic E-state index is 12.9. The minimum Gasteiger partial charge on any atom is -0.496 e. The van der Waals surface area contributed by atoms with Crippen LogP contribution in [0, 0.1) is 5.82 Å². The van der Waals surface area contributed by atoms with Gasteiger partial charge in [-0.3, -0.25) is 0 Å². The average Bonchev–Trinajstić information content (AvgIpc) is 2.46. The molecule has 0 saturated heterocycles. The second-order valence-corrected chi connectivity index (χ2v) is 5.07. The molecular formula is C17H20FNO2. The third-order valence-electron chi connectivity index (χ3n) is 3.11. The lowest BCUT2D eigenvalue weighted by atomic mass is 10.0. The van der Waals surface area contributed by atoms with Gasteiger partial charge < -0.3 is 15.2 Å². The fourth-order valence-corrected chi connectivity index (χ4v) is 2.14. The first-order valence-corrected chi connectivity index (χ1v) is 6.88. The van der Waals surface area contributed by atoms with Crippen LogP contribution in [-0.4, -0.2) is 13.2 Å². The minimum absolute atomic E-state index is 0.101. The summed E-state index contributed by atoms with van der Waals surface area (Å²) in [6, 6.07) is 12.0. The summed E-state index contributed by atoms with van der Waals surface area (Å²) < 4.78 is 23.9. The highest BCUT2D eigenvalue weighted by molar-refractivity contribution is 5.37. The van der Waals surface area contributed by atoms with Gasteiger partial charge in [-0.25, -0.2) is 4.39 Å². The van der Waals surface area contributed by atoms with Crippen molar-refractivity contribution in [3.63, 3.8) is 0 Å². The number of nitrogens with two attached hydrogens (primary N) is 1. The monoisotopic (exact) mass is 289 g/mol. The first-order chi connectivity index (χ1) is 10.1. The molecule has 0 heterocycles. The lowest BCUT2D eigenvalue weighted by molar-refractivity contribution is 0.296. The molecule has 2 rings (SSSR count). The summed E-state index contributed by atoms with van der Waals surface area (Å²) in [7, 11) is 1.63. The van der Waals surface area contributed by atoms with E-state index in [1.807, 2.05) is 25.1 Å². The van der Waals surface area contributed by atoms with E-state index >= 15 is 0 Å². The molecule has 0 spiro atoms. The summed E-state index contributed by atoms with van der Waals surface area (Å²) in [5.41, 5.74) is 7.91. The van der Waals surface area contributed by atoms with E-state index < -0.39 is 0 Å². The number of benzene rings is 2. The third kappa shape index (κ3) is 4.46. The van der Waals surface area contributed by atoms with Crippen molar-refractivity contribution in [3.05, 3.63) is 59.4 Å². The van der Waals surface area contributed by atoms with Crippen LogP contribution in [0.2, 0.25) is 0 Å². The Balaban J connectivity index is 2.11. The molecule has 0 aliphatic rings. The Kier molecular flexibility index (Phi) is 5.17. The first kappa shape index (κ1) is 15.3. The fraction of sp³-hybridized carbons (Fsp3) is 0.294. The fourth-order valence-electron chi connectivity index (χ4n) is 2.14. The Morgan fingerprint density at radius 2 is 1.86 bits per heavy atom. The van der Waals surface area contributed by atoms with Gasteiger partial charge in [-0.1, -0.05) is 6.07 Å². The summed E-state index contributed by atoms with van der Waals surface area (Å²) >= 11 is 0. The Morgan fingerprint density at radius 3 is 2.48 bits per heavy atom. The standard InChI is InChI=1S/C17H20FNO2/c1-12(19)9-13-3-8-17(20-2)14(10-13)11-21-16-6-4-15(18)5-7-16/h3-8,10,12H,9,11,19H2,1-2H3. The molecule has 21 heavy (non-hydrogen) atoms. The van der Waals surface area contributed by atoms with E-state index in [2.05, 4.69) is 0 Å². The van der Waals surface area contributed by atoms with Crippen LogP contribution in [0.5, 0.6) is 11.5 Å². The van der Waals surface area contributed by atoms with Gasteiger partial charge in [0.25, 0.3) is 0 Å². The normalized spacial score (nSPS) is 12.0. The molecule has 0 radical (unpaired) electrons. The van der Waals surface area contributed by atoms with Gasteiger partial charge in [0.05, 0.1) is 7.11 Å². The number of methoxy groups -OCH3 is 1. The van der Waals surface area contributed by atoms with E-state index in [1.54, 1.807) is 19.2 Å². The highest BCUT2D eigenvalue weighted by Crippen LogP contribution is 2.23. The lowest BCUT2D eigenvalue weighted by Gasteiger charge is -2.13. The van der Waals surface area contributed by atoms with Crippen molar-refractivity contribution < 1.29 is 13.9 Å². The van der Waals surface area contributed by atoms with E-state index in [0.29, 0.717) is 12.4 Å². The van der Waals surface area contributed by atoms with Crippen LogP contribution in [0.1, 0.15) is 18.1 Å². The Hall–Kier alpha value is -2.07. The second-order valence-electron chi connectivity index (χ2n) is 5.07. The largest absolute Gasteiger partial charge is 0.496 e. The Morgan fingerprint density at radius 1 is 1.14 bits per heavy atom. The number of ether oxygens (including phenoxy) is 2. The topological polar surface area (TPSA) is 44.5 Å². The summed E-state index contributed by atoms with van der Waals surface area (Å²) in [6.07, 6.45) is 0.799. The maximum absolute atomic E-state index is 12.9. The van der Waals surface area contributed by atoms with Crippen molar-refractivity contribution in [1.82, 2.24) is 0 Å². The molecule has 0 bridgehead atoms. The zero-order chi connectivity index (χ0) is 15.2. The number of halogens is 1. The van der Waals surface area contributed by atoms with Crippen molar-refractivity contribution in [1.29, 1.82) is 0 Å². The predicted molar refractivity (Wildman–Crippen MR) is 81.1 cm³/mol. The Labute approximate surface area is 124 Å². The molecule has 4 heteroatoms. The summed E-state index contributed by atoms with van der Waals surface area (Å²) in [6.45, 7) is 2.33. The predicted octanol–water partition coefficient (Wildman–Crippen LogP) is 3.30. The van der Waals surface area contributed by atoms with Gasteiger partial charge in [-0.05, 0) is 55.3 Å². The van der Waals surface area contributed by atoms with Crippen LogP contribution >= 0.6 is 0 Å². The average molecular weight is 289 g/mol. The third-order valence-corrected chi connectivity index (χ3v) is 3.11. The zero-order valence-corrected chi connectivity index (χ0v) is 12.3. The van der Waals surface area contributed by atoms with Crippen LogP contribution in [0.15, 0.2) is 42.5 Å². The van der Waals surface area contributed by atoms with E-state index in [9.17, 15) is 4.39 Å². The first-order valence-electron chi connectivity index (χ1n) is 6.88. The van der Waals surface area contributed by atoms with E-state index in [-0.39, 0.29) is 11.9 Å². The minimum atomic E-state index is -0.279. The molecule has 1 atom stereocenters. The Bertz CT molecular complexity index is 582. The van der Waals surface area contributed by atoms with Gasteiger partial charge >= 0.3 is 0 Å². The van der Waals surface area contributed by atoms with Crippen LogP contribution in [0.3, 0.4) is 0 Å². The van der Waals surface area contributed by atoms with Crippen molar-refractivity contribution in [2.24, 2.45) is 5.73 Å². The molecule has 2 aromatic rings. The van der Waals surface area contributed by atoms with E-state index in [1.165, 1.54) is 12.1 Å². The van der Waals surface area contributed by atoms with Gasteiger partial charge in [0.2, 0.25) is 0 Å². The SMILES string of the molecule is COc1ccc(CC(C)N)cc1COc1ccc(F)cc1. The molecule has 0 aromatic heterocycles. The molecule has 0 aliphatic carbocycles. The molecular weight excluding hydrogens is 269 g/mol. The maximum Gasteiger partial charge on any atom is 0.125 e. The van der Waals surface area contributed by atoms with Gasteiger partial charge in [0.15, 0.2) is 0 Å². The molecule has 1 unspecified atom stereocenters. The van der Waals surface area contributed by atoms with Crippen molar-refractivity contribution in [2.45, 2.75) is 26.0 Å². The van der Waals surface area contributed by atoms with Crippen LogP contribution < -0.4 is 15.2 Å². The highest BCUT2D eigenvalue weighted by Gasteiger charge is 2.07. The summed E-state index contributed by atoms with van der Waals surface area (Å²) in [5, 5.41) is 0. The van der Waals surface area contributed by atoms with Crippen molar-refractivity contribution in [3.8, 4) is 11.5 Å². The van der Waals surface area contributed by atoms with E-state index in [4.69, 9.17) is 15.2 Å². The van der Waals surface area contributed by atoms with E-state index in [0.717, 1.165) is 23.3 Å². The smallest absolute Gasteiger partial charge is 0.125 e. The van der Waals surface area contributed by atoms with Gasteiger partial charge in [-0.2, -0.15) is 0 Å². The molecule has 0 amide bonds. The van der Waals surface area contributed by atoms with Gasteiger partial charge in [0, 0.05) is 11.6 Å². The van der Waals surface area contributed by atoms with Gasteiger partial charge in [-0.15, -0.1) is 0 Å². The number of hydrogen-bond donors (Lipinski definition) is 1. The van der Waals surface area contributed by atoms with Gasteiger partial charge in [0.1, 0.15) is 23.9 Å². The zero-order valence-electron chi connectivity index (χ0n) is 12.3.